The molecule has 0 aliphatic carbocycles. The Labute approximate surface area is 87.0 Å². The highest BCUT2D eigenvalue weighted by molar-refractivity contribution is 7.87. The van der Waals surface area contributed by atoms with Crippen LogP contribution in [0.15, 0.2) is 0 Å². The maximum absolute atomic E-state index is 11.5. The molecule has 14 heavy (non-hydrogen) atoms. The van der Waals surface area contributed by atoms with Crippen molar-refractivity contribution >= 4 is 10.2 Å². The van der Waals surface area contributed by atoms with E-state index in [1.807, 2.05) is 20.8 Å². The van der Waals surface area contributed by atoms with Crippen LogP contribution in [0.1, 0.15) is 20.8 Å². The van der Waals surface area contributed by atoms with Crippen LogP contribution < -0.4 is 10.0 Å². The Bertz CT molecular complexity index is 225. The van der Waals surface area contributed by atoms with Crippen LogP contribution in [0.25, 0.3) is 0 Å². The fourth-order valence-electron chi connectivity index (χ4n) is 1.10. The van der Waals surface area contributed by atoms with E-state index in [1.165, 1.54) is 4.31 Å². The maximum atomic E-state index is 11.5. The molecule has 0 amide bonds. The molecule has 0 aliphatic heterocycles. The van der Waals surface area contributed by atoms with E-state index >= 15 is 0 Å². The second-order valence-corrected chi connectivity index (χ2v) is 4.59. The molecule has 0 spiro atoms. The minimum absolute atomic E-state index is 0.437. The van der Waals surface area contributed by atoms with Gasteiger partial charge >= 0.3 is 0 Å². The number of rotatable bonds is 8. The standard InChI is InChI=1S/C8H21N3O2S/c1-4-9-7-8-10-14(12,13)11(5-2)6-3/h9-10H,4-8H2,1-3H3. The third-order valence-corrected chi connectivity index (χ3v) is 3.65. The number of hydrogen-bond acceptors (Lipinski definition) is 3. The maximum Gasteiger partial charge on any atom is 0.279 e. The third-order valence-electron chi connectivity index (χ3n) is 1.88. The van der Waals surface area contributed by atoms with Crippen LogP contribution in [0.3, 0.4) is 0 Å². The lowest BCUT2D eigenvalue weighted by Crippen LogP contribution is -2.42. The lowest BCUT2D eigenvalue weighted by atomic mass is 10.6. The first kappa shape index (κ1) is 13.8. The second-order valence-electron chi connectivity index (χ2n) is 2.84. The molecule has 0 unspecified atom stereocenters. The van der Waals surface area contributed by atoms with Crippen molar-refractivity contribution in [2.45, 2.75) is 20.8 Å². The first-order valence-corrected chi connectivity index (χ1v) is 6.47. The van der Waals surface area contributed by atoms with E-state index in [2.05, 4.69) is 10.0 Å². The molecule has 0 radical (unpaired) electrons. The highest BCUT2D eigenvalue weighted by atomic mass is 32.2. The minimum atomic E-state index is -3.26. The van der Waals surface area contributed by atoms with Crippen molar-refractivity contribution in [3.63, 3.8) is 0 Å². The van der Waals surface area contributed by atoms with Crippen LogP contribution in [0, 0.1) is 0 Å². The topological polar surface area (TPSA) is 61.4 Å². The van der Waals surface area contributed by atoms with E-state index in [0.717, 1.165) is 6.54 Å². The van der Waals surface area contributed by atoms with Crippen LogP contribution in [0.4, 0.5) is 0 Å². The van der Waals surface area contributed by atoms with E-state index in [0.29, 0.717) is 26.2 Å². The predicted octanol–water partition coefficient (Wildman–Crippen LogP) is -0.228. The van der Waals surface area contributed by atoms with E-state index in [4.69, 9.17) is 0 Å². The van der Waals surface area contributed by atoms with E-state index in [1.54, 1.807) is 0 Å². The highest BCUT2D eigenvalue weighted by Gasteiger charge is 2.16. The van der Waals surface area contributed by atoms with E-state index in [9.17, 15) is 8.42 Å². The van der Waals surface area contributed by atoms with Gasteiger partial charge in [-0.05, 0) is 6.54 Å². The van der Waals surface area contributed by atoms with Gasteiger partial charge in [0, 0.05) is 26.2 Å². The fraction of sp³-hybridized carbons (Fsp3) is 1.00. The molecule has 0 atom stereocenters. The average Bonchev–Trinajstić information content (AvgIpc) is 2.14. The van der Waals surface area contributed by atoms with Crippen molar-refractivity contribution in [2.75, 3.05) is 32.7 Å². The van der Waals surface area contributed by atoms with Gasteiger partial charge in [0.25, 0.3) is 10.2 Å². The van der Waals surface area contributed by atoms with Gasteiger partial charge in [0.2, 0.25) is 0 Å². The summed E-state index contributed by atoms with van der Waals surface area (Å²) in [6, 6.07) is 0. The van der Waals surface area contributed by atoms with Crippen LogP contribution in [-0.2, 0) is 10.2 Å². The molecule has 0 aromatic heterocycles. The molecule has 0 fully saturated rings. The highest BCUT2D eigenvalue weighted by Crippen LogP contribution is 1.95. The Morgan fingerprint density at radius 3 is 2.07 bits per heavy atom. The molecule has 0 aromatic carbocycles. The van der Waals surface area contributed by atoms with Crippen molar-refractivity contribution in [3.05, 3.63) is 0 Å². The Morgan fingerprint density at radius 1 is 1.07 bits per heavy atom. The summed E-state index contributed by atoms with van der Waals surface area (Å²) in [5.74, 6) is 0. The summed E-state index contributed by atoms with van der Waals surface area (Å²) in [5, 5.41) is 3.05. The Balaban J connectivity index is 3.94. The summed E-state index contributed by atoms with van der Waals surface area (Å²) in [6.45, 7) is 8.61. The van der Waals surface area contributed by atoms with Gasteiger partial charge in [-0.1, -0.05) is 20.8 Å². The SMILES string of the molecule is CCNCCNS(=O)(=O)N(CC)CC. The van der Waals surface area contributed by atoms with Crippen molar-refractivity contribution < 1.29 is 8.42 Å². The van der Waals surface area contributed by atoms with Gasteiger partial charge < -0.3 is 5.32 Å². The summed E-state index contributed by atoms with van der Waals surface area (Å²) in [4.78, 5) is 0. The van der Waals surface area contributed by atoms with Crippen LogP contribution in [0.2, 0.25) is 0 Å². The molecule has 0 saturated carbocycles. The van der Waals surface area contributed by atoms with Gasteiger partial charge in [0.05, 0.1) is 0 Å². The van der Waals surface area contributed by atoms with Gasteiger partial charge in [-0.25, -0.2) is 4.72 Å². The molecule has 0 aliphatic rings. The zero-order valence-electron chi connectivity index (χ0n) is 9.21. The largest absolute Gasteiger partial charge is 0.316 e. The predicted molar refractivity (Wildman–Crippen MR) is 58.4 cm³/mol. The molecule has 6 heteroatoms. The van der Waals surface area contributed by atoms with Crippen LogP contribution >= 0.6 is 0 Å². The molecule has 0 saturated heterocycles. The molecular weight excluding hydrogens is 202 g/mol. The third kappa shape index (κ3) is 4.90. The minimum Gasteiger partial charge on any atom is -0.316 e. The van der Waals surface area contributed by atoms with Crippen molar-refractivity contribution in [1.82, 2.24) is 14.3 Å². The smallest absolute Gasteiger partial charge is 0.279 e. The first-order chi connectivity index (χ1) is 6.58. The molecule has 0 aromatic rings. The Hall–Kier alpha value is -0.170. The molecule has 2 N–H and O–H groups in total. The van der Waals surface area contributed by atoms with Gasteiger partial charge in [-0.15, -0.1) is 0 Å². The zero-order chi connectivity index (χ0) is 11.0. The Kier molecular flexibility index (Phi) is 7.08. The monoisotopic (exact) mass is 223 g/mol. The zero-order valence-corrected chi connectivity index (χ0v) is 10.0. The van der Waals surface area contributed by atoms with Crippen molar-refractivity contribution in [2.24, 2.45) is 0 Å². The van der Waals surface area contributed by atoms with Crippen LogP contribution in [-0.4, -0.2) is 45.4 Å². The lowest BCUT2D eigenvalue weighted by Gasteiger charge is -2.18. The van der Waals surface area contributed by atoms with Gasteiger partial charge in [-0.3, -0.25) is 0 Å². The second kappa shape index (κ2) is 7.17. The molecule has 86 valence electrons. The summed E-state index contributed by atoms with van der Waals surface area (Å²) in [6.07, 6.45) is 0. The Morgan fingerprint density at radius 2 is 1.64 bits per heavy atom. The summed E-state index contributed by atoms with van der Waals surface area (Å²) >= 11 is 0. The van der Waals surface area contributed by atoms with E-state index < -0.39 is 10.2 Å². The first-order valence-electron chi connectivity index (χ1n) is 5.03. The average molecular weight is 223 g/mol. The van der Waals surface area contributed by atoms with Gasteiger partial charge in [0.1, 0.15) is 0 Å². The van der Waals surface area contributed by atoms with Crippen LogP contribution in [0.5, 0.6) is 0 Å². The summed E-state index contributed by atoms with van der Waals surface area (Å²) in [7, 11) is -3.26. The molecule has 0 rings (SSSR count). The van der Waals surface area contributed by atoms with Crippen molar-refractivity contribution in [1.29, 1.82) is 0 Å². The van der Waals surface area contributed by atoms with Gasteiger partial charge in [0.15, 0.2) is 0 Å². The van der Waals surface area contributed by atoms with E-state index in [-0.39, 0.29) is 0 Å². The fourth-order valence-corrected chi connectivity index (χ4v) is 2.32. The number of nitrogens with one attached hydrogen (secondary N) is 2. The molecule has 0 bridgehead atoms. The summed E-state index contributed by atoms with van der Waals surface area (Å²) in [5.41, 5.74) is 0. The molecule has 5 nitrogen and oxygen atoms in total. The summed E-state index contributed by atoms with van der Waals surface area (Å²) < 4.78 is 27.0. The number of nitrogens with zero attached hydrogens (tertiary/aromatic N) is 1. The van der Waals surface area contributed by atoms with Gasteiger partial charge in [-0.2, -0.15) is 12.7 Å². The molecule has 0 heterocycles. The normalized spacial score (nSPS) is 12.3. The molecular formula is C8H21N3O2S. The van der Waals surface area contributed by atoms with Crippen molar-refractivity contribution in [3.8, 4) is 0 Å². The number of hydrogen-bond donors (Lipinski definition) is 2. The quantitative estimate of drug-likeness (QED) is 0.559. The number of likely N-dealkylation sites (N-methyl/N-ethyl adjacent to an activating group) is 1. The lowest BCUT2D eigenvalue weighted by molar-refractivity contribution is 0.434.